The van der Waals surface area contributed by atoms with Crippen molar-refractivity contribution in [3.63, 3.8) is 0 Å². The van der Waals surface area contributed by atoms with E-state index in [-0.39, 0.29) is 11.3 Å². The Hall–Kier alpha value is -1.39. The maximum Gasteiger partial charge on any atom is 0.341 e. The van der Waals surface area contributed by atoms with Crippen molar-refractivity contribution < 1.29 is 18.8 Å². The van der Waals surface area contributed by atoms with Gasteiger partial charge in [0.25, 0.3) is 0 Å². The molecule has 1 rings (SSSR count). The smallest absolute Gasteiger partial charge is 0.341 e. The summed E-state index contributed by atoms with van der Waals surface area (Å²) in [5.41, 5.74) is -2.21. The summed E-state index contributed by atoms with van der Waals surface area (Å²) in [6.45, 7) is 2.44. The average Bonchev–Trinajstić information content (AvgIpc) is 2.30. The zero-order valence-corrected chi connectivity index (χ0v) is 6.67. The molecule has 0 unspecified atom stereocenters. The molecule has 0 aliphatic rings. The van der Waals surface area contributed by atoms with Crippen LogP contribution in [0.1, 0.15) is 29.9 Å². The number of carboxylic acid groups (broad SMARTS) is 1. The molecule has 0 aromatic carbocycles. The van der Waals surface area contributed by atoms with Crippen molar-refractivity contribution in [3.8, 4) is 0 Å². The Balaban J connectivity index is 3.17. The van der Waals surface area contributed by atoms with Crippen LogP contribution in [0.2, 0.25) is 0 Å². The minimum atomic E-state index is -1.79. The van der Waals surface area contributed by atoms with E-state index in [4.69, 9.17) is 5.11 Å². The molecule has 0 aliphatic carbocycles. The molecule has 1 aromatic rings. The Kier molecular flexibility index (Phi) is 1.87. The molecule has 0 amide bonds. The van der Waals surface area contributed by atoms with Crippen LogP contribution in [0.15, 0.2) is 10.8 Å². The molecule has 5 heteroatoms. The highest BCUT2D eigenvalue weighted by molar-refractivity contribution is 5.88. The number of alkyl halides is 1. The standard InChI is InChI=1S/C7H8FNO3/c1-7(2,8)5-4(6(10)11)3-12-9-5/h3H,1-2H3,(H,10,11). The molecular formula is C7H8FNO3. The Morgan fingerprint density at radius 3 is 2.67 bits per heavy atom. The summed E-state index contributed by atoms with van der Waals surface area (Å²) in [5.74, 6) is -1.24. The predicted octanol–water partition coefficient (Wildman–Crippen LogP) is 1.58. The van der Waals surface area contributed by atoms with Crippen LogP contribution >= 0.6 is 0 Å². The van der Waals surface area contributed by atoms with E-state index in [1.165, 1.54) is 13.8 Å². The van der Waals surface area contributed by atoms with Gasteiger partial charge >= 0.3 is 5.97 Å². The van der Waals surface area contributed by atoms with Gasteiger partial charge in [0.15, 0.2) is 5.67 Å². The van der Waals surface area contributed by atoms with E-state index in [0.29, 0.717) is 0 Å². The summed E-state index contributed by atoms with van der Waals surface area (Å²) in [6, 6.07) is 0. The largest absolute Gasteiger partial charge is 0.478 e. The van der Waals surface area contributed by atoms with Gasteiger partial charge in [-0.1, -0.05) is 5.16 Å². The monoisotopic (exact) mass is 173 g/mol. The minimum Gasteiger partial charge on any atom is -0.478 e. The molecule has 4 nitrogen and oxygen atoms in total. The molecule has 0 fully saturated rings. The van der Waals surface area contributed by atoms with Gasteiger partial charge in [0.1, 0.15) is 17.5 Å². The van der Waals surface area contributed by atoms with Crippen LogP contribution in [0.5, 0.6) is 0 Å². The van der Waals surface area contributed by atoms with Crippen LogP contribution < -0.4 is 0 Å². The second-order valence-corrected chi connectivity index (χ2v) is 2.85. The number of halogens is 1. The van der Waals surface area contributed by atoms with Crippen molar-refractivity contribution in [1.82, 2.24) is 5.16 Å². The molecule has 12 heavy (non-hydrogen) atoms. The topological polar surface area (TPSA) is 63.3 Å². The van der Waals surface area contributed by atoms with E-state index >= 15 is 0 Å². The van der Waals surface area contributed by atoms with Gasteiger partial charge in [-0.2, -0.15) is 0 Å². The van der Waals surface area contributed by atoms with Gasteiger partial charge in [-0.3, -0.25) is 0 Å². The van der Waals surface area contributed by atoms with Crippen LogP contribution in [-0.2, 0) is 5.67 Å². The first-order valence-electron chi connectivity index (χ1n) is 3.30. The van der Waals surface area contributed by atoms with Crippen LogP contribution in [-0.4, -0.2) is 16.2 Å². The highest BCUT2D eigenvalue weighted by Crippen LogP contribution is 2.25. The lowest BCUT2D eigenvalue weighted by atomic mass is 10.0. The molecule has 0 saturated carbocycles. The van der Waals surface area contributed by atoms with Crippen molar-refractivity contribution in [2.75, 3.05) is 0 Å². The summed E-state index contributed by atoms with van der Waals surface area (Å²) in [6.07, 6.45) is 0.916. The second-order valence-electron chi connectivity index (χ2n) is 2.85. The summed E-state index contributed by atoms with van der Waals surface area (Å²) in [5, 5.41) is 11.8. The Labute approximate surface area is 68.0 Å². The van der Waals surface area contributed by atoms with E-state index in [9.17, 15) is 9.18 Å². The fourth-order valence-corrected chi connectivity index (χ4v) is 0.817. The van der Waals surface area contributed by atoms with Gasteiger partial charge in [-0.05, 0) is 13.8 Å². The molecule has 0 aliphatic heterocycles. The molecule has 0 radical (unpaired) electrons. The Morgan fingerprint density at radius 1 is 1.75 bits per heavy atom. The Morgan fingerprint density at radius 2 is 2.33 bits per heavy atom. The van der Waals surface area contributed by atoms with Gasteiger partial charge in [0.2, 0.25) is 0 Å². The molecule has 66 valence electrons. The first-order chi connectivity index (χ1) is 5.43. The van der Waals surface area contributed by atoms with Crippen LogP contribution in [0.4, 0.5) is 4.39 Å². The number of carbonyl (C=O) groups is 1. The Bertz CT molecular complexity index is 300. The average molecular weight is 173 g/mol. The lowest BCUT2D eigenvalue weighted by Crippen LogP contribution is -2.14. The van der Waals surface area contributed by atoms with Gasteiger partial charge in [0, 0.05) is 0 Å². The van der Waals surface area contributed by atoms with E-state index in [1.54, 1.807) is 0 Å². The van der Waals surface area contributed by atoms with Crippen molar-refractivity contribution in [2.45, 2.75) is 19.5 Å². The number of hydrogen-bond donors (Lipinski definition) is 1. The normalized spacial score (nSPS) is 11.6. The van der Waals surface area contributed by atoms with Crippen LogP contribution in [0.25, 0.3) is 0 Å². The molecule has 1 N–H and O–H groups in total. The van der Waals surface area contributed by atoms with E-state index in [0.717, 1.165) is 6.26 Å². The fraction of sp³-hybridized carbons (Fsp3) is 0.429. The van der Waals surface area contributed by atoms with E-state index < -0.39 is 11.6 Å². The lowest BCUT2D eigenvalue weighted by Gasteiger charge is -2.09. The second kappa shape index (κ2) is 2.58. The molecule has 1 heterocycles. The molecule has 0 bridgehead atoms. The number of carboxylic acids is 1. The summed E-state index contributed by atoms with van der Waals surface area (Å²) in [7, 11) is 0. The highest BCUT2D eigenvalue weighted by Gasteiger charge is 2.29. The van der Waals surface area contributed by atoms with Crippen molar-refractivity contribution in [1.29, 1.82) is 0 Å². The first-order valence-corrected chi connectivity index (χ1v) is 3.30. The molecule has 0 atom stereocenters. The zero-order valence-electron chi connectivity index (χ0n) is 6.67. The van der Waals surface area contributed by atoms with Crippen molar-refractivity contribution in [2.24, 2.45) is 0 Å². The summed E-state index contributed by atoms with van der Waals surface area (Å²) in [4.78, 5) is 10.5. The van der Waals surface area contributed by atoms with Gasteiger partial charge < -0.3 is 9.63 Å². The van der Waals surface area contributed by atoms with E-state index in [1.807, 2.05) is 0 Å². The fourth-order valence-electron chi connectivity index (χ4n) is 0.817. The quantitative estimate of drug-likeness (QED) is 0.737. The molecule has 0 spiro atoms. The predicted molar refractivity (Wildman–Crippen MR) is 37.6 cm³/mol. The minimum absolute atomic E-state index is 0.185. The van der Waals surface area contributed by atoms with Crippen LogP contribution in [0, 0.1) is 0 Å². The van der Waals surface area contributed by atoms with Crippen molar-refractivity contribution in [3.05, 3.63) is 17.5 Å². The third-order valence-electron chi connectivity index (χ3n) is 1.36. The highest BCUT2D eigenvalue weighted by atomic mass is 19.1. The lowest BCUT2D eigenvalue weighted by molar-refractivity contribution is 0.0689. The zero-order chi connectivity index (χ0) is 9.35. The number of aromatic nitrogens is 1. The molecule has 0 saturated heterocycles. The first kappa shape index (κ1) is 8.70. The number of nitrogens with zero attached hydrogens (tertiary/aromatic N) is 1. The summed E-state index contributed by atoms with van der Waals surface area (Å²) < 4.78 is 17.6. The maximum atomic E-state index is 13.2. The third-order valence-corrected chi connectivity index (χ3v) is 1.36. The van der Waals surface area contributed by atoms with Crippen LogP contribution in [0.3, 0.4) is 0 Å². The van der Waals surface area contributed by atoms with Gasteiger partial charge in [-0.25, -0.2) is 9.18 Å². The number of rotatable bonds is 2. The molecular weight excluding hydrogens is 165 g/mol. The SMILES string of the molecule is CC(C)(F)c1nocc1C(=O)O. The van der Waals surface area contributed by atoms with E-state index in [2.05, 4.69) is 9.68 Å². The molecule has 1 aromatic heterocycles. The van der Waals surface area contributed by atoms with Gasteiger partial charge in [-0.15, -0.1) is 0 Å². The number of hydrogen-bond acceptors (Lipinski definition) is 3. The third kappa shape index (κ3) is 1.44. The van der Waals surface area contributed by atoms with Gasteiger partial charge in [0.05, 0.1) is 0 Å². The summed E-state index contributed by atoms with van der Waals surface area (Å²) >= 11 is 0. The van der Waals surface area contributed by atoms with Crippen molar-refractivity contribution >= 4 is 5.97 Å². The number of aromatic carboxylic acids is 1. The maximum absolute atomic E-state index is 13.2.